The maximum Gasteiger partial charge on any atom is 0.260 e. The fraction of sp³-hybridized carbons (Fsp3) is 0.0233. The average Bonchev–Trinajstić information content (AvgIpc) is 0.713. The number of nitrogens with zero attached hydrogens (tertiary/aromatic N) is 4. The highest BCUT2D eigenvalue weighted by Crippen LogP contribution is 2.55. The molecule has 14 aromatic carbocycles. The Hall–Kier alpha value is -12.4. The highest BCUT2D eigenvalue weighted by molar-refractivity contribution is 6.99. The largest absolute Gasteiger partial charge is 0.456 e. The molecule has 0 radical (unpaired) electrons. The van der Waals surface area contributed by atoms with Crippen LogP contribution in [0.1, 0.15) is 16.7 Å². The summed E-state index contributed by atoms with van der Waals surface area (Å²) in [6, 6.07) is 118. The first kappa shape index (κ1) is 56.4. The van der Waals surface area contributed by atoms with Crippen LogP contribution < -0.4 is 71.3 Å². The van der Waals surface area contributed by atoms with E-state index in [1.807, 2.05) is 0 Å². The molecule has 0 N–H and O–H groups in total. The molecule has 0 saturated carbocycles. The van der Waals surface area contributed by atoms with E-state index in [0.29, 0.717) is 6.42 Å². The quantitative estimate of drug-likeness (QED) is 0.0999. The van der Waals surface area contributed by atoms with Gasteiger partial charge in [0.2, 0.25) is 0 Å². The summed E-state index contributed by atoms with van der Waals surface area (Å²) in [5.41, 5.74) is 21.2. The number of benzene rings is 14. The normalized spacial score (nSPS) is 12.3. The lowest BCUT2D eigenvalue weighted by molar-refractivity contribution is 0.465. The molecule has 0 unspecified atom stereocenters. The number of hydrogen-bond acceptors (Lipinski definition) is 8. The molecule has 4 heterocycles. The Labute approximate surface area is 559 Å². The minimum atomic E-state index is -0.264. The average molecular weight is 1240 g/mol. The van der Waals surface area contributed by atoms with Gasteiger partial charge in [-0.3, -0.25) is 0 Å². The predicted molar refractivity (Wildman–Crippen MR) is 395 cm³/mol. The second kappa shape index (κ2) is 23.6. The monoisotopic (exact) mass is 1230 g/mol. The Morgan fingerprint density at radius 2 is 0.510 bits per heavy atom. The van der Waals surface area contributed by atoms with Gasteiger partial charge in [0.15, 0.2) is 23.0 Å². The van der Waals surface area contributed by atoms with Gasteiger partial charge in [-0.1, -0.05) is 206 Å². The molecule has 0 amide bonds. The molecule has 8 nitrogen and oxygen atoms in total. The van der Waals surface area contributed by atoms with Crippen molar-refractivity contribution in [3.05, 3.63) is 350 Å². The topological polar surface area (TPSA) is 49.9 Å². The van der Waals surface area contributed by atoms with E-state index in [0.717, 1.165) is 164 Å². The maximum absolute atomic E-state index is 7.51. The van der Waals surface area contributed by atoms with E-state index < -0.39 is 0 Å². The second-order valence-corrected chi connectivity index (χ2v) is 24.8. The fourth-order valence-corrected chi connectivity index (χ4v) is 14.7. The summed E-state index contributed by atoms with van der Waals surface area (Å²) in [5, 5.41) is 0. The van der Waals surface area contributed by atoms with Crippen LogP contribution in [0.25, 0.3) is 0 Å². The van der Waals surface area contributed by atoms with Crippen LogP contribution >= 0.6 is 0 Å². The van der Waals surface area contributed by atoms with Gasteiger partial charge in [0.05, 0.1) is 22.7 Å². The Kier molecular flexibility index (Phi) is 13.9. The van der Waals surface area contributed by atoms with Crippen molar-refractivity contribution in [3.63, 3.8) is 0 Å². The molecule has 0 aromatic heterocycles. The van der Waals surface area contributed by atoms with E-state index in [4.69, 9.17) is 18.9 Å². The van der Waals surface area contributed by atoms with Gasteiger partial charge in [0.25, 0.3) is 13.4 Å². The molecular formula is C86H60B2N4O4. The summed E-state index contributed by atoms with van der Waals surface area (Å²) in [6.07, 6.45) is 0.662. The molecule has 4 aliphatic rings. The smallest absolute Gasteiger partial charge is 0.260 e. The van der Waals surface area contributed by atoms with Gasteiger partial charge in [-0.25, -0.2) is 0 Å². The minimum Gasteiger partial charge on any atom is -0.456 e. The molecule has 4 aliphatic heterocycles. The first-order chi connectivity index (χ1) is 47.5. The van der Waals surface area contributed by atoms with Crippen LogP contribution in [0.2, 0.25) is 0 Å². The lowest BCUT2D eigenvalue weighted by Crippen LogP contribution is -2.58. The van der Waals surface area contributed by atoms with Gasteiger partial charge in [0, 0.05) is 56.4 Å². The molecule has 10 heteroatoms. The number of anilines is 12. The summed E-state index contributed by atoms with van der Waals surface area (Å²) in [4.78, 5) is 9.29. The van der Waals surface area contributed by atoms with Gasteiger partial charge >= 0.3 is 0 Å². The van der Waals surface area contributed by atoms with Crippen molar-refractivity contribution in [2.45, 2.75) is 13.3 Å². The minimum absolute atomic E-state index is 0.182. The van der Waals surface area contributed by atoms with E-state index in [9.17, 15) is 0 Å². The molecule has 0 fully saturated rings. The standard InChI is InChI=1S/C86H60B2N4O4/c1-58-45-51-79-71(53-58)88-72-55-60(48-52-80(72)96-86-75(91(65-35-17-6-18-36-65)66-37-19-7-20-38-66)56-74(85(95-79)82(86)88)90(63-31-13-4-14-32-63)64-33-15-5-16-34-64)54-59-46-49-68(50-47-59)92(67-39-21-8-22-40-67)76-57-73(89(61-27-9-2-10-28-61)62-29-11-3-12-30-62)83-81-84(76)94-78-44-26-24-42-70(78)87(81)69-41-23-25-43-77(69)93-83/h2-53,55-57H,54H2,1H3. The first-order valence-electron chi connectivity index (χ1n) is 32.7. The highest BCUT2D eigenvalue weighted by Gasteiger charge is 2.47. The van der Waals surface area contributed by atoms with Gasteiger partial charge in [-0.05, 0) is 180 Å². The number of aryl methyl sites for hydroxylation is 1. The van der Waals surface area contributed by atoms with Crippen LogP contribution in [0.4, 0.5) is 68.2 Å². The number of ether oxygens (including phenoxy) is 4. The molecular weight excluding hydrogens is 1170 g/mol. The molecule has 18 rings (SSSR count). The Balaban J connectivity index is 0.786. The number of fused-ring (bicyclic) bond motifs is 8. The summed E-state index contributed by atoms with van der Waals surface area (Å²) in [6.45, 7) is 1.72. The van der Waals surface area contributed by atoms with Gasteiger partial charge in [-0.2, -0.15) is 0 Å². The summed E-state index contributed by atoms with van der Waals surface area (Å²) >= 11 is 0. The molecule has 0 aliphatic carbocycles. The zero-order valence-corrected chi connectivity index (χ0v) is 52.5. The van der Waals surface area contributed by atoms with Gasteiger partial charge in [-0.15, -0.1) is 0 Å². The van der Waals surface area contributed by atoms with Crippen LogP contribution in [-0.2, 0) is 6.42 Å². The lowest BCUT2D eigenvalue weighted by Gasteiger charge is -2.39. The van der Waals surface area contributed by atoms with Crippen molar-refractivity contribution >= 4 is 114 Å². The summed E-state index contributed by atoms with van der Waals surface area (Å²) in [5.74, 6) is 6.24. The maximum atomic E-state index is 7.51. The molecule has 14 aromatic rings. The zero-order valence-electron chi connectivity index (χ0n) is 52.5. The zero-order chi connectivity index (χ0) is 63.6. The highest BCUT2D eigenvalue weighted by atomic mass is 16.5. The third-order valence-electron chi connectivity index (χ3n) is 18.9. The molecule has 0 saturated heterocycles. The van der Waals surface area contributed by atoms with Crippen molar-refractivity contribution in [2.24, 2.45) is 0 Å². The van der Waals surface area contributed by atoms with Crippen molar-refractivity contribution in [2.75, 3.05) is 19.6 Å². The van der Waals surface area contributed by atoms with Crippen LogP contribution in [0.15, 0.2) is 334 Å². The van der Waals surface area contributed by atoms with Crippen LogP contribution in [-0.4, -0.2) is 13.4 Å². The second-order valence-electron chi connectivity index (χ2n) is 24.8. The van der Waals surface area contributed by atoms with E-state index in [1.165, 1.54) is 0 Å². The lowest BCUT2D eigenvalue weighted by atomic mass is 9.34. The molecule has 0 spiro atoms. The molecule has 0 bridgehead atoms. The third kappa shape index (κ3) is 9.72. The number of para-hydroxylation sites is 9. The predicted octanol–water partition coefficient (Wildman–Crippen LogP) is 18.9. The van der Waals surface area contributed by atoms with Crippen LogP contribution in [0, 0.1) is 6.92 Å². The first-order valence-corrected chi connectivity index (χ1v) is 32.7. The Morgan fingerprint density at radius 1 is 0.240 bits per heavy atom. The number of rotatable bonds is 14. The Bertz CT molecular complexity index is 5020. The van der Waals surface area contributed by atoms with Crippen molar-refractivity contribution in [1.29, 1.82) is 0 Å². The van der Waals surface area contributed by atoms with E-state index in [1.54, 1.807) is 0 Å². The van der Waals surface area contributed by atoms with Crippen molar-refractivity contribution in [1.82, 2.24) is 0 Å². The third-order valence-corrected chi connectivity index (χ3v) is 18.9. The van der Waals surface area contributed by atoms with Gasteiger partial charge in [0.1, 0.15) is 23.0 Å². The summed E-state index contributed by atoms with van der Waals surface area (Å²) in [7, 11) is 0. The Morgan fingerprint density at radius 3 is 0.865 bits per heavy atom. The van der Waals surface area contributed by atoms with Crippen molar-refractivity contribution < 1.29 is 18.9 Å². The fourth-order valence-electron chi connectivity index (χ4n) is 14.7. The molecule has 96 heavy (non-hydrogen) atoms. The van der Waals surface area contributed by atoms with Crippen LogP contribution in [0.5, 0.6) is 46.0 Å². The van der Waals surface area contributed by atoms with E-state index in [-0.39, 0.29) is 13.4 Å². The SMILES string of the molecule is Cc1ccc2c(c1)B1c3cc(Cc4ccc(N(c5ccccc5)c5cc(N(c6ccccc6)c6ccccc6)c6c7c5Oc5ccccc5B7c5ccccc5O6)cc4)ccc3Oc3c(N(c4ccccc4)c4ccccc4)cc(N(c4ccccc4)c4ccccc4)c(c31)O2. The van der Waals surface area contributed by atoms with Gasteiger partial charge < -0.3 is 38.5 Å². The van der Waals surface area contributed by atoms with E-state index in [2.05, 4.69) is 360 Å². The molecule has 454 valence electrons. The number of hydrogen-bond donors (Lipinski definition) is 0. The van der Waals surface area contributed by atoms with Crippen molar-refractivity contribution in [3.8, 4) is 46.0 Å². The summed E-state index contributed by atoms with van der Waals surface area (Å²) < 4.78 is 29.5. The molecule has 0 atom stereocenters. The van der Waals surface area contributed by atoms with Crippen LogP contribution in [0.3, 0.4) is 0 Å². The van der Waals surface area contributed by atoms with E-state index >= 15 is 0 Å².